The van der Waals surface area contributed by atoms with Crippen molar-refractivity contribution < 1.29 is 4.74 Å². The summed E-state index contributed by atoms with van der Waals surface area (Å²) in [6.07, 6.45) is 2.40. The van der Waals surface area contributed by atoms with Crippen molar-refractivity contribution in [1.29, 1.82) is 0 Å². The first-order valence-electron chi connectivity index (χ1n) is 6.81. The van der Waals surface area contributed by atoms with Crippen LogP contribution < -0.4 is 15.4 Å². The van der Waals surface area contributed by atoms with E-state index in [1.807, 2.05) is 19.1 Å². The van der Waals surface area contributed by atoms with Gasteiger partial charge in [0.25, 0.3) is 0 Å². The van der Waals surface area contributed by atoms with Crippen molar-refractivity contribution in [3.05, 3.63) is 18.2 Å². The SMILES string of the molecule is CCOc1cccc(N2CC(CN)CCC2C)n1. The topological polar surface area (TPSA) is 51.4 Å². The normalized spacial score (nSPS) is 24.1. The average molecular weight is 249 g/mol. The van der Waals surface area contributed by atoms with Crippen molar-refractivity contribution in [2.24, 2.45) is 11.7 Å². The lowest BCUT2D eigenvalue weighted by Crippen LogP contribution is -2.44. The molecule has 0 spiro atoms. The molecule has 2 atom stereocenters. The van der Waals surface area contributed by atoms with Crippen LogP contribution in [0.4, 0.5) is 5.82 Å². The highest BCUT2D eigenvalue weighted by Gasteiger charge is 2.25. The summed E-state index contributed by atoms with van der Waals surface area (Å²) in [5.74, 6) is 2.29. The van der Waals surface area contributed by atoms with Crippen molar-refractivity contribution >= 4 is 5.82 Å². The third-order valence-corrected chi connectivity index (χ3v) is 3.61. The fourth-order valence-corrected chi connectivity index (χ4v) is 2.49. The largest absolute Gasteiger partial charge is 0.478 e. The molecule has 18 heavy (non-hydrogen) atoms. The van der Waals surface area contributed by atoms with Crippen LogP contribution >= 0.6 is 0 Å². The Bertz CT molecular complexity index is 383. The zero-order chi connectivity index (χ0) is 13.0. The summed E-state index contributed by atoms with van der Waals surface area (Å²) in [5, 5.41) is 0. The van der Waals surface area contributed by atoms with E-state index >= 15 is 0 Å². The molecule has 4 nitrogen and oxygen atoms in total. The molecule has 2 rings (SSSR count). The fraction of sp³-hybridized carbons (Fsp3) is 0.643. The van der Waals surface area contributed by atoms with Gasteiger partial charge >= 0.3 is 0 Å². The fourth-order valence-electron chi connectivity index (χ4n) is 2.49. The maximum absolute atomic E-state index is 5.79. The van der Waals surface area contributed by atoms with Crippen LogP contribution in [-0.2, 0) is 0 Å². The minimum atomic E-state index is 0.525. The molecule has 0 aromatic carbocycles. The molecule has 0 amide bonds. The Morgan fingerprint density at radius 1 is 1.44 bits per heavy atom. The van der Waals surface area contributed by atoms with Gasteiger partial charge in [0.2, 0.25) is 5.88 Å². The summed E-state index contributed by atoms with van der Waals surface area (Å²) in [6.45, 7) is 6.64. The summed E-state index contributed by atoms with van der Waals surface area (Å²) >= 11 is 0. The third kappa shape index (κ3) is 2.93. The summed E-state index contributed by atoms with van der Waals surface area (Å²) < 4.78 is 5.46. The number of hydrogen-bond donors (Lipinski definition) is 1. The molecule has 2 N–H and O–H groups in total. The van der Waals surface area contributed by atoms with Gasteiger partial charge in [-0.05, 0) is 45.2 Å². The highest BCUT2D eigenvalue weighted by atomic mass is 16.5. The third-order valence-electron chi connectivity index (χ3n) is 3.61. The van der Waals surface area contributed by atoms with Crippen LogP contribution in [0.2, 0.25) is 0 Å². The van der Waals surface area contributed by atoms with Gasteiger partial charge in [0.05, 0.1) is 6.61 Å². The van der Waals surface area contributed by atoms with Crippen LogP contribution in [-0.4, -0.2) is 30.7 Å². The van der Waals surface area contributed by atoms with E-state index in [-0.39, 0.29) is 0 Å². The Morgan fingerprint density at radius 2 is 2.28 bits per heavy atom. The highest BCUT2D eigenvalue weighted by molar-refractivity contribution is 5.42. The second kappa shape index (κ2) is 6.05. The number of hydrogen-bond acceptors (Lipinski definition) is 4. The molecule has 0 bridgehead atoms. The number of anilines is 1. The highest BCUT2D eigenvalue weighted by Crippen LogP contribution is 2.27. The van der Waals surface area contributed by atoms with Gasteiger partial charge in [0.1, 0.15) is 5.82 Å². The number of piperidine rings is 1. The van der Waals surface area contributed by atoms with E-state index in [0.717, 1.165) is 18.9 Å². The van der Waals surface area contributed by atoms with E-state index in [1.165, 1.54) is 12.8 Å². The number of nitrogens with zero attached hydrogens (tertiary/aromatic N) is 2. The lowest BCUT2D eigenvalue weighted by atomic mass is 9.93. The molecule has 2 unspecified atom stereocenters. The first-order valence-corrected chi connectivity index (χ1v) is 6.81. The maximum atomic E-state index is 5.79. The Balaban J connectivity index is 2.15. The van der Waals surface area contributed by atoms with Crippen molar-refractivity contribution in [2.45, 2.75) is 32.7 Å². The Labute approximate surface area is 109 Å². The monoisotopic (exact) mass is 249 g/mol. The van der Waals surface area contributed by atoms with Crippen LogP contribution in [0.15, 0.2) is 18.2 Å². The van der Waals surface area contributed by atoms with Crippen LogP contribution in [0.25, 0.3) is 0 Å². The Hall–Kier alpha value is -1.29. The molecule has 4 heteroatoms. The van der Waals surface area contributed by atoms with Gasteiger partial charge in [-0.3, -0.25) is 0 Å². The number of pyridine rings is 1. The van der Waals surface area contributed by atoms with E-state index in [1.54, 1.807) is 0 Å². The lowest BCUT2D eigenvalue weighted by molar-refractivity contribution is 0.325. The van der Waals surface area contributed by atoms with E-state index in [4.69, 9.17) is 10.5 Å². The van der Waals surface area contributed by atoms with E-state index in [2.05, 4.69) is 22.9 Å². The van der Waals surface area contributed by atoms with Gasteiger partial charge in [-0.15, -0.1) is 0 Å². The second-order valence-electron chi connectivity index (χ2n) is 4.95. The first kappa shape index (κ1) is 13.1. The molecule has 0 radical (unpaired) electrons. The van der Waals surface area contributed by atoms with Gasteiger partial charge < -0.3 is 15.4 Å². The molecule has 2 heterocycles. The van der Waals surface area contributed by atoms with Crippen LogP contribution in [0, 0.1) is 5.92 Å². The standard InChI is InChI=1S/C14H23N3O/c1-3-18-14-6-4-5-13(16-14)17-10-12(9-15)8-7-11(17)2/h4-6,11-12H,3,7-10,15H2,1-2H3. The molecule has 0 aliphatic carbocycles. The number of ether oxygens (including phenoxy) is 1. The molecular formula is C14H23N3O. The Kier molecular flexibility index (Phi) is 4.42. The maximum Gasteiger partial charge on any atom is 0.215 e. The van der Waals surface area contributed by atoms with Crippen molar-refractivity contribution in [2.75, 3.05) is 24.6 Å². The second-order valence-corrected chi connectivity index (χ2v) is 4.95. The summed E-state index contributed by atoms with van der Waals surface area (Å²) in [4.78, 5) is 6.92. The summed E-state index contributed by atoms with van der Waals surface area (Å²) in [7, 11) is 0. The molecule has 1 aromatic rings. The number of nitrogens with two attached hydrogens (primary N) is 1. The smallest absolute Gasteiger partial charge is 0.215 e. The van der Waals surface area contributed by atoms with Crippen LogP contribution in [0.3, 0.4) is 0 Å². The molecule has 1 aromatic heterocycles. The van der Waals surface area contributed by atoms with Gasteiger partial charge in [0, 0.05) is 18.7 Å². The van der Waals surface area contributed by atoms with Crippen molar-refractivity contribution in [3.63, 3.8) is 0 Å². The van der Waals surface area contributed by atoms with Gasteiger partial charge in [-0.25, -0.2) is 0 Å². The molecule has 1 fully saturated rings. The zero-order valence-electron chi connectivity index (χ0n) is 11.3. The number of aromatic nitrogens is 1. The number of rotatable bonds is 4. The predicted molar refractivity (Wildman–Crippen MR) is 74.0 cm³/mol. The minimum Gasteiger partial charge on any atom is -0.478 e. The molecule has 1 aliphatic rings. The lowest BCUT2D eigenvalue weighted by Gasteiger charge is -2.38. The van der Waals surface area contributed by atoms with Crippen LogP contribution in [0.1, 0.15) is 26.7 Å². The summed E-state index contributed by atoms with van der Waals surface area (Å²) in [6, 6.07) is 6.49. The van der Waals surface area contributed by atoms with Crippen molar-refractivity contribution in [1.82, 2.24) is 4.98 Å². The Morgan fingerprint density at radius 3 is 3.00 bits per heavy atom. The van der Waals surface area contributed by atoms with E-state index in [9.17, 15) is 0 Å². The molecule has 1 saturated heterocycles. The molecule has 0 saturated carbocycles. The predicted octanol–water partition coefficient (Wildman–Crippen LogP) is 2.04. The van der Waals surface area contributed by atoms with E-state index in [0.29, 0.717) is 24.4 Å². The average Bonchev–Trinajstić information content (AvgIpc) is 2.40. The van der Waals surface area contributed by atoms with E-state index < -0.39 is 0 Å². The van der Waals surface area contributed by atoms with Crippen LogP contribution in [0.5, 0.6) is 5.88 Å². The minimum absolute atomic E-state index is 0.525. The molecule has 1 aliphatic heterocycles. The van der Waals surface area contributed by atoms with Gasteiger partial charge in [0.15, 0.2) is 0 Å². The first-order chi connectivity index (χ1) is 8.74. The zero-order valence-corrected chi connectivity index (χ0v) is 11.3. The summed E-state index contributed by atoms with van der Waals surface area (Å²) in [5.41, 5.74) is 5.79. The quantitative estimate of drug-likeness (QED) is 0.887. The molecular weight excluding hydrogens is 226 g/mol. The van der Waals surface area contributed by atoms with Gasteiger partial charge in [-0.1, -0.05) is 6.07 Å². The van der Waals surface area contributed by atoms with Crippen molar-refractivity contribution in [3.8, 4) is 5.88 Å². The molecule has 100 valence electrons. The van der Waals surface area contributed by atoms with Gasteiger partial charge in [-0.2, -0.15) is 4.98 Å².